The number of piperazine rings is 1. The molecule has 1 aliphatic rings. The molecule has 1 atom stereocenters. The van der Waals surface area contributed by atoms with E-state index in [1.807, 2.05) is 42.3 Å². The highest BCUT2D eigenvalue weighted by atomic mass is 35.5. The van der Waals surface area contributed by atoms with Gasteiger partial charge in [0.25, 0.3) is 5.91 Å². The number of thiophene rings is 1. The van der Waals surface area contributed by atoms with Crippen LogP contribution in [0.1, 0.15) is 23.5 Å². The van der Waals surface area contributed by atoms with Gasteiger partial charge in [-0.1, -0.05) is 37.6 Å². The van der Waals surface area contributed by atoms with Gasteiger partial charge in [0.15, 0.2) is 0 Å². The molecule has 3 rings (SSSR count). The molecule has 1 aliphatic heterocycles. The summed E-state index contributed by atoms with van der Waals surface area (Å²) in [6, 6.07) is 8.59. The molecule has 2 aromatic heterocycles. The minimum absolute atomic E-state index is 0.00837. The molecular weight excluding hydrogens is 384 g/mol. The summed E-state index contributed by atoms with van der Waals surface area (Å²) >= 11 is 7.34. The van der Waals surface area contributed by atoms with Crippen molar-refractivity contribution in [1.29, 1.82) is 0 Å². The number of rotatable bonds is 5. The zero-order chi connectivity index (χ0) is 19.4. The van der Waals surface area contributed by atoms with Gasteiger partial charge in [-0.3, -0.25) is 9.59 Å². The van der Waals surface area contributed by atoms with Crippen molar-refractivity contribution >= 4 is 40.6 Å². The molecule has 0 radical (unpaired) electrons. The monoisotopic (exact) mass is 406 g/mol. The second-order valence-corrected chi connectivity index (χ2v) is 8.14. The predicted molar refractivity (Wildman–Crippen MR) is 108 cm³/mol. The summed E-state index contributed by atoms with van der Waals surface area (Å²) in [5.41, 5.74) is 0. The summed E-state index contributed by atoms with van der Waals surface area (Å²) in [6.45, 7) is 6.44. The lowest BCUT2D eigenvalue weighted by Gasteiger charge is -2.37. The number of amides is 2. The van der Waals surface area contributed by atoms with Crippen LogP contribution in [0.2, 0.25) is 5.15 Å². The first-order chi connectivity index (χ1) is 13.0. The van der Waals surface area contributed by atoms with Crippen molar-refractivity contribution in [2.24, 2.45) is 5.92 Å². The molecule has 0 spiro atoms. The minimum Gasteiger partial charge on any atom is -0.353 e. The second kappa shape index (κ2) is 8.71. The Morgan fingerprint density at radius 1 is 1.15 bits per heavy atom. The Labute approximate surface area is 168 Å². The highest BCUT2D eigenvalue weighted by Crippen LogP contribution is 2.18. The maximum absolute atomic E-state index is 13.0. The van der Waals surface area contributed by atoms with Gasteiger partial charge in [-0.15, -0.1) is 11.3 Å². The molecule has 1 saturated heterocycles. The first-order valence-electron chi connectivity index (χ1n) is 8.96. The summed E-state index contributed by atoms with van der Waals surface area (Å²) in [5.74, 6) is 0.600. The molecule has 2 amide bonds. The zero-order valence-electron chi connectivity index (χ0n) is 15.4. The van der Waals surface area contributed by atoms with Crippen LogP contribution in [-0.4, -0.2) is 53.9 Å². The Balaban J connectivity index is 1.61. The lowest BCUT2D eigenvalue weighted by atomic mass is 10.0. The van der Waals surface area contributed by atoms with Gasteiger partial charge in [-0.25, -0.2) is 4.98 Å². The Morgan fingerprint density at radius 3 is 2.48 bits per heavy atom. The highest BCUT2D eigenvalue weighted by molar-refractivity contribution is 7.12. The molecule has 144 valence electrons. The van der Waals surface area contributed by atoms with Crippen LogP contribution in [-0.2, 0) is 4.79 Å². The molecule has 0 aliphatic carbocycles. The number of nitrogens with one attached hydrogen (secondary N) is 1. The molecule has 1 N–H and O–H groups in total. The second-order valence-electron chi connectivity index (χ2n) is 6.80. The van der Waals surface area contributed by atoms with E-state index in [4.69, 9.17) is 11.6 Å². The van der Waals surface area contributed by atoms with Gasteiger partial charge in [0, 0.05) is 26.2 Å². The van der Waals surface area contributed by atoms with E-state index in [1.165, 1.54) is 11.3 Å². The summed E-state index contributed by atoms with van der Waals surface area (Å²) in [5, 5.41) is 5.21. The SMILES string of the molecule is CC(C)C(NC(=O)c1cccs1)C(=O)N1CCN(c2cccc(Cl)n2)CC1. The lowest BCUT2D eigenvalue weighted by Crippen LogP contribution is -2.56. The van der Waals surface area contributed by atoms with E-state index in [1.54, 1.807) is 12.1 Å². The predicted octanol–water partition coefficient (Wildman–Crippen LogP) is 2.90. The van der Waals surface area contributed by atoms with Crippen LogP contribution in [0.25, 0.3) is 0 Å². The Kier molecular flexibility index (Phi) is 6.34. The highest BCUT2D eigenvalue weighted by Gasteiger charge is 2.31. The average molecular weight is 407 g/mol. The third-order valence-electron chi connectivity index (χ3n) is 4.58. The van der Waals surface area contributed by atoms with Gasteiger partial charge in [0.05, 0.1) is 4.88 Å². The first-order valence-corrected chi connectivity index (χ1v) is 10.2. The molecule has 1 fully saturated rings. The number of hydrogen-bond donors (Lipinski definition) is 1. The van der Waals surface area contributed by atoms with Crippen molar-refractivity contribution in [1.82, 2.24) is 15.2 Å². The van der Waals surface area contributed by atoms with Gasteiger partial charge in [-0.05, 0) is 29.5 Å². The van der Waals surface area contributed by atoms with Crippen molar-refractivity contribution in [2.75, 3.05) is 31.1 Å². The summed E-state index contributed by atoms with van der Waals surface area (Å²) in [6.07, 6.45) is 0. The van der Waals surface area contributed by atoms with Crippen molar-refractivity contribution in [2.45, 2.75) is 19.9 Å². The Morgan fingerprint density at radius 2 is 1.89 bits per heavy atom. The minimum atomic E-state index is -0.532. The molecule has 2 aromatic rings. The van der Waals surface area contributed by atoms with Crippen LogP contribution < -0.4 is 10.2 Å². The molecule has 8 heteroatoms. The van der Waals surface area contributed by atoms with E-state index in [9.17, 15) is 9.59 Å². The van der Waals surface area contributed by atoms with Gasteiger partial charge >= 0.3 is 0 Å². The van der Waals surface area contributed by atoms with Crippen LogP contribution in [0.3, 0.4) is 0 Å². The van der Waals surface area contributed by atoms with E-state index < -0.39 is 6.04 Å². The van der Waals surface area contributed by atoms with Crippen molar-refractivity contribution in [3.63, 3.8) is 0 Å². The van der Waals surface area contributed by atoms with Crippen LogP contribution in [0.15, 0.2) is 35.7 Å². The third kappa shape index (κ3) is 4.78. The van der Waals surface area contributed by atoms with Crippen LogP contribution in [0.4, 0.5) is 5.82 Å². The van der Waals surface area contributed by atoms with E-state index in [0.29, 0.717) is 36.2 Å². The molecule has 27 heavy (non-hydrogen) atoms. The Bertz CT molecular complexity index is 789. The van der Waals surface area contributed by atoms with Gasteiger partial charge < -0.3 is 15.1 Å². The lowest BCUT2D eigenvalue weighted by molar-refractivity contribution is -0.134. The number of anilines is 1. The van der Waals surface area contributed by atoms with E-state index in [-0.39, 0.29) is 17.7 Å². The molecule has 0 aromatic carbocycles. The molecule has 0 saturated carbocycles. The van der Waals surface area contributed by atoms with Crippen LogP contribution in [0.5, 0.6) is 0 Å². The summed E-state index contributed by atoms with van der Waals surface area (Å²) in [4.78, 5) is 34.3. The zero-order valence-corrected chi connectivity index (χ0v) is 17.0. The smallest absolute Gasteiger partial charge is 0.262 e. The number of nitrogens with zero attached hydrogens (tertiary/aromatic N) is 3. The number of pyridine rings is 1. The fourth-order valence-electron chi connectivity index (χ4n) is 3.06. The summed E-state index contributed by atoms with van der Waals surface area (Å²) < 4.78 is 0. The van der Waals surface area contributed by atoms with E-state index in [2.05, 4.69) is 15.2 Å². The molecular formula is C19H23ClN4O2S. The van der Waals surface area contributed by atoms with E-state index in [0.717, 1.165) is 5.82 Å². The van der Waals surface area contributed by atoms with E-state index >= 15 is 0 Å². The third-order valence-corrected chi connectivity index (χ3v) is 5.66. The largest absolute Gasteiger partial charge is 0.353 e. The van der Waals surface area contributed by atoms with Gasteiger partial charge in [-0.2, -0.15) is 0 Å². The quantitative estimate of drug-likeness (QED) is 0.775. The van der Waals surface area contributed by atoms with Gasteiger partial charge in [0.1, 0.15) is 17.0 Å². The number of halogens is 1. The number of hydrogen-bond acceptors (Lipinski definition) is 5. The molecule has 3 heterocycles. The Hall–Kier alpha value is -2.12. The normalized spacial score (nSPS) is 15.7. The number of carbonyl (C=O) groups is 2. The average Bonchev–Trinajstić information content (AvgIpc) is 3.20. The van der Waals surface area contributed by atoms with Crippen LogP contribution >= 0.6 is 22.9 Å². The molecule has 1 unspecified atom stereocenters. The maximum Gasteiger partial charge on any atom is 0.262 e. The molecule has 6 nitrogen and oxygen atoms in total. The van der Waals surface area contributed by atoms with Gasteiger partial charge in [0.2, 0.25) is 5.91 Å². The fraction of sp³-hybridized carbons (Fsp3) is 0.421. The fourth-order valence-corrected chi connectivity index (χ4v) is 3.85. The summed E-state index contributed by atoms with van der Waals surface area (Å²) in [7, 11) is 0. The first kappa shape index (κ1) is 19.6. The maximum atomic E-state index is 13.0. The molecule has 0 bridgehead atoms. The van der Waals surface area contributed by atoms with Crippen molar-refractivity contribution < 1.29 is 9.59 Å². The number of aromatic nitrogens is 1. The number of carbonyl (C=O) groups excluding carboxylic acids is 2. The van der Waals surface area contributed by atoms with Crippen LogP contribution in [0, 0.1) is 5.92 Å². The topological polar surface area (TPSA) is 65.5 Å². The standard InChI is InChI=1S/C19H23ClN4O2S/c1-13(2)17(22-18(25)14-5-4-12-27-14)19(26)24-10-8-23(9-11-24)16-7-3-6-15(20)21-16/h3-7,12-13,17H,8-11H2,1-2H3,(H,22,25). The van der Waals surface area contributed by atoms with Crippen molar-refractivity contribution in [3.8, 4) is 0 Å². The van der Waals surface area contributed by atoms with Crippen molar-refractivity contribution in [3.05, 3.63) is 45.7 Å².